The Kier molecular flexibility index (Phi) is 7.45. The zero-order valence-corrected chi connectivity index (χ0v) is 22.0. The number of carbonyl (C=O) groups excluding carboxylic acids is 2. The molecule has 1 N–H and O–H groups in total. The molecule has 6 nitrogen and oxygen atoms in total. The fourth-order valence-corrected chi connectivity index (χ4v) is 7.10. The molecule has 7 heteroatoms. The fourth-order valence-electron chi connectivity index (χ4n) is 5.82. The molecule has 0 bridgehead atoms. The van der Waals surface area contributed by atoms with Crippen LogP contribution >= 0.6 is 11.3 Å². The summed E-state index contributed by atoms with van der Waals surface area (Å²) < 4.78 is 5.50. The van der Waals surface area contributed by atoms with Gasteiger partial charge in [-0.2, -0.15) is 0 Å². The van der Waals surface area contributed by atoms with Crippen LogP contribution in [-0.2, 0) is 27.4 Å². The van der Waals surface area contributed by atoms with Gasteiger partial charge in [0.05, 0.1) is 17.2 Å². The number of hydrogen-bond acceptors (Lipinski definition) is 6. The van der Waals surface area contributed by atoms with E-state index in [0.29, 0.717) is 6.54 Å². The van der Waals surface area contributed by atoms with E-state index in [4.69, 9.17) is 9.72 Å². The summed E-state index contributed by atoms with van der Waals surface area (Å²) in [5, 5.41) is 12.4. The number of aliphatic hydroxyl groups excluding tert-OH is 1. The molecule has 1 amide bonds. The molecule has 33 heavy (non-hydrogen) atoms. The molecule has 2 aliphatic rings. The van der Waals surface area contributed by atoms with Crippen molar-refractivity contribution in [1.82, 2.24) is 9.88 Å². The molecule has 0 aromatic carbocycles. The lowest BCUT2D eigenvalue weighted by atomic mass is 9.53. The van der Waals surface area contributed by atoms with E-state index in [-0.39, 0.29) is 47.6 Å². The molecule has 1 heterocycles. The van der Waals surface area contributed by atoms with Crippen LogP contribution in [0.2, 0.25) is 0 Å². The first-order valence-corrected chi connectivity index (χ1v) is 12.8. The fraction of sp³-hybridized carbons (Fsp3) is 0.731. The molecule has 1 aromatic rings. The molecule has 6 atom stereocenters. The van der Waals surface area contributed by atoms with E-state index >= 15 is 0 Å². The van der Waals surface area contributed by atoms with Crippen LogP contribution in [0, 0.1) is 28.6 Å². The number of rotatable bonds is 6. The maximum absolute atomic E-state index is 12.9. The molecule has 0 aliphatic heterocycles. The number of amides is 1. The Hall–Kier alpha value is -1.73. The quantitative estimate of drug-likeness (QED) is 0.481. The van der Waals surface area contributed by atoms with Gasteiger partial charge in [-0.25, -0.2) is 4.98 Å². The molecule has 1 aromatic heterocycles. The van der Waals surface area contributed by atoms with Crippen LogP contribution in [-0.4, -0.2) is 46.6 Å². The number of ether oxygens (including phenoxy) is 1. The Morgan fingerprint density at radius 1 is 1.42 bits per heavy atom. The van der Waals surface area contributed by atoms with E-state index in [9.17, 15) is 14.7 Å². The van der Waals surface area contributed by atoms with Gasteiger partial charge in [-0.1, -0.05) is 26.8 Å². The van der Waals surface area contributed by atoms with Crippen molar-refractivity contribution in [2.45, 2.75) is 79.4 Å². The lowest BCUT2D eigenvalue weighted by Gasteiger charge is -2.53. The maximum Gasteiger partial charge on any atom is 0.311 e. The van der Waals surface area contributed by atoms with Crippen molar-refractivity contribution < 1.29 is 19.4 Å². The van der Waals surface area contributed by atoms with Crippen molar-refractivity contribution in [2.75, 3.05) is 13.6 Å². The second kappa shape index (κ2) is 9.49. The Morgan fingerprint density at radius 2 is 2.09 bits per heavy atom. The Bertz CT molecular complexity index is 905. The zero-order valence-electron chi connectivity index (χ0n) is 21.2. The van der Waals surface area contributed by atoms with Crippen molar-refractivity contribution in [3.8, 4) is 0 Å². The smallest absolute Gasteiger partial charge is 0.311 e. The molecule has 2 aliphatic carbocycles. The van der Waals surface area contributed by atoms with Gasteiger partial charge in [0.1, 0.15) is 11.6 Å². The molecular formula is C26H40N2O4S. The van der Waals surface area contributed by atoms with E-state index in [0.717, 1.165) is 30.0 Å². The maximum atomic E-state index is 12.9. The SMILES string of the molecule is C=CCN(C)C(=O)[C@@H](C)[C@@H]1CC[C@]2(C)Cc3sc(COC(=O)C(C)(C)C)nc3[C@H](C)[C@@H]2[C@H]1O. The van der Waals surface area contributed by atoms with Gasteiger partial charge in [0.2, 0.25) is 5.91 Å². The topological polar surface area (TPSA) is 79.7 Å². The summed E-state index contributed by atoms with van der Waals surface area (Å²) in [4.78, 5) is 32.9. The second-order valence-corrected chi connectivity index (χ2v) is 12.5. The van der Waals surface area contributed by atoms with Gasteiger partial charge in [0.25, 0.3) is 0 Å². The molecule has 0 unspecified atom stereocenters. The van der Waals surface area contributed by atoms with Crippen molar-refractivity contribution >= 4 is 23.2 Å². The normalized spacial score (nSPS) is 30.1. The Balaban J connectivity index is 1.79. The van der Waals surface area contributed by atoms with E-state index in [1.54, 1.807) is 29.4 Å². The van der Waals surface area contributed by atoms with Crippen molar-refractivity contribution in [3.05, 3.63) is 28.2 Å². The van der Waals surface area contributed by atoms with Gasteiger partial charge in [-0.15, -0.1) is 17.9 Å². The summed E-state index contributed by atoms with van der Waals surface area (Å²) >= 11 is 1.63. The van der Waals surface area contributed by atoms with Crippen LogP contribution in [0.5, 0.6) is 0 Å². The number of aliphatic hydroxyl groups is 1. The first-order chi connectivity index (χ1) is 15.3. The molecular weight excluding hydrogens is 436 g/mol. The summed E-state index contributed by atoms with van der Waals surface area (Å²) in [5.74, 6) is -0.376. The highest BCUT2D eigenvalue weighted by molar-refractivity contribution is 7.11. The lowest BCUT2D eigenvalue weighted by Crippen LogP contribution is -2.53. The number of nitrogens with zero attached hydrogens (tertiary/aromatic N) is 2. The lowest BCUT2D eigenvalue weighted by molar-refractivity contribution is -0.154. The summed E-state index contributed by atoms with van der Waals surface area (Å²) in [6.07, 6.45) is 3.83. The third kappa shape index (κ3) is 5.04. The monoisotopic (exact) mass is 476 g/mol. The minimum absolute atomic E-state index is 0.0377. The van der Waals surface area contributed by atoms with E-state index < -0.39 is 11.5 Å². The standard InChI is InChI=1S/C26H40N2O4S/c1-9-12-28(8)23(30)15(2)17-10-11-26(7)13-18-21(16(3)20(26)22(17)29)27-19(33-18)14-32-24(31)25(4,5)6/h9,15-17,20,22,29H,1,10-14H2,2-8H3/t15-,16+,17-,20+,22-,26+/m0/s1. The van der Waals surface area contributed by atoms with Crippen LogP contribution in [0.25, 0.3) is 0 Å². The number of fused-ring (bicyclic) bond motifs is 2. The van der Waals surface area contributed by atoms with Gasteiger partial charge < -0.3 is 14.7 Å². The highest BCUT2D eigenvalue weighted by atomic mass is 32.1. The van der Waals surface area contributed by atoms with Gasteiger partial charge in [0, 0.05) is 30.3 Å². The van der Waals surface area contributed by atoms with Gasteiger partial charge in [-0.05, 0) is 57.3 Å². The predicted octanol–water partition coefficient (Wildman–Crippen LogP) is 4.57. The Morgan fingerprint density at radius 3 is 2.70 bits per heavy atom. The minimum atomic E-state index is -0.563. The molecule has 3 rings (SSSR count). The highest BCUT2D eigenvalue weighted by Gasteiger charge is 2.54. The molecule has 0 spiro atoms. The third-order valence-corrected chi connectivity index (χ3v) is 8.76. The second-order valence-electron chi connectivity index (χ2n) is 11.4. The average Bonchev–Trinajstić information content (AvgIpc) is 3.13. The van der Waals surface area contributed by atoms with E-state index in [1.807, 2.05) is 27.7 Å². The number of hydrogen-bond donors (Lipinski definition) is 1. The van der Waals surface area contributed by atoms with Crippen LogP contribution in [0.3, 0.4) is 0 Å². The predicted molar refractivity (Wildman–Crippen MR) is 131 cm³/mol. The number of esters is 1. The number of thiazole rings is 1. The van der Waals surface area contributed by atoms with Crippen molar-refractivity contribution in [3.63, 3.8) is 0 Å². The number of likely N-dealkylation sites (N-methyl/N-ethyl adjacent to an activating group) is 1. The van der Waals surface area contributed by atoms with Crippen molar-refractivity contribution in [2.24, 2.45) is 28.6 Å². The summed E-state index contributed by atoms with van der Waals surface area (Å²) in [5.41, 5.74) is 0.440. The zero-order chi connectivity index (χ0) is 24.7. The Labute approximate surface area is 202 Å². The van der Waals surface area contributed by atoms with Gasteiger partial charge in [0.15, 0.2) is 0 Å². The summed E-state index contributed by atoms with van der Waals surface area (Å²) in [6, 6.07) is 0. The first-order valence-electron chi connectivity index (χ1n) is 12.0. The van der Waals surface area contributed by atoms with E-state index in [2.05, 4.69) is 20.4 Å². The molecule has 1 saturated carbocycles. The van der Waals surface area contributed by atoms with Crippen LogP contribution in [0.4, 0.5) is 0 Å². The van der Waals surface area contributed by atoms with Gasteiger partial charge >= 0.3 is 5.97 Å². The largest absolute Gasteiger partial charge is 0.458 e. The van der Waals surface area contributed by atoms with Crippen LogP contribution in [0.15, 0.2) is 12.7 Å². The first kappa shape index (κ1) is 25.9. The highest BCUT2D eigenvalue weighted by Crippen LogP contribution is 2.57. The average molecular weight is 477 g/mol. The molecule has 0 saturated heterocycles. The number of carbonyl (C=O) groups is 2. The molecule has 0 radical (unpaired) electrons. The number of aromatic nitrogens is 1. The summed E-state index contributed by atoms with van der Waals surface area (Å²) in [6.45, 7) is 16.3. The molecule has 1 fully saturated rings. The summed E-state index contributed by atoms with van der Waals surface area (Å²) in [7, 11) is 1.79. The van der Waals surface area contributed by atoms with Crippen LogP contribution < -0.4 is 0 Å². The minimum Gasteiger partial charge on any atom is -0.458 e. The van der Waals surface area contributed by atoms with Gasteiger partial charge in [-0.3, -0.25) is 9.59 Å². The third-order valence-electron chi connectivity index (χ3n) is 7.72. The van der Waals surface area contributed by atoms with Crippen molar-refractivity contribution in [1.29, 1.82) is 0 Å². The van der Waals surface area contributed by atoms with E-state index in [1.165, 1.54) is 4.88 Å². The van der Waals surface area contributed by atoms with Crippen LogP contribution in [0.1, 0.15) is 75.9 Å². The molecule has 184 valence electrons.